The molecule has 0 radical (unpaired) electrons. The lowest BCUT2D eigenvalue weighted by Crippen LogP contribution is -2.13. The third-order valence-corrected chi connectivity index (χ3v) is 7.04. The molecule has 0 aliphatic rings. The van der Waals surface area contributed by atoms with Crippen LogP contribution in [0.5, 0.6) is 11.5 Å². The van der Waals surface area contributed by atoms with Crippen molar-refractivity contribution in [2.45, 2.75) is 25.6 Å². The fourth-order valence-electron chi connectivity index (χ4n) is 2.82. The maximum atomic E-state index is 12.5. The molecule has 0 fully saturated rings. The molecular weight excluding hydrogens is 476 g/mol. The summed E-state index contributed by atoms with van der Waals surface area (Å²) in [6, 6.07) is 14.8. The number of hydrogen-bond acceptors (Lipinski definition) is 9. The summed E-state index contributed by atoms with van der Waals surface area (Å²) in [4.78, 5) is 16.3. The number of anilines is 1. The number of methoxy groups -OCH3 is 1. The van der Waals surface area contributed by atoms with Gasteiger partial charge >= 0.3 is 0 Å². The average Bonchev–Trinajstić information content (AvgIpc) is 3.31. The molecule has 1 amide bonds. The molecule has 0 atom stereocenters. The van der Waals surface area contributed by atoms with E-state index in [0.29, 0.717) is 23.7 Å². The Kier molecular flexibility index (Phi) is 7.99. The molecule has 1 heterocycles. The summed E-state index contributed by atoms with van der Waals surface area (Å²) in [6.07, 6.45) is 1.38. The number of amides is 1. The van der Waals surface area contributed by atoms with Gasteiger partial charge in [0.25, 0.3) is 11.1 Å². The van der Waals surface area contributed by atoms with Gasteiger partial charge in [-0.2, -0.15) is 14.6 Å². The highest BCUT2D eigenvalue weighted by Gasteiger charge is 2.20. The first-order valence-electron chi connectivity index (χ1n) is 10.1. The molecular formula is C23H22N4O5S2. The van der Waals surface area contributed by atoms with Gasteiger partial charge in [0, 0.05) is 11.5 Å². The number of hydrogen-bond donors (Lipinski definition) is 1. The predicted molar refractivity (Wildman–Crippen MR) is 128 cm³/mol. The number of sulfone groups is 1. The lowest BCUT2D eigenvalue weighted by molar-refractivity contribution is -0.112. The smallest absolute Gasteiger partial charge is 0.268 e. The van der Waals surface area contributed by atoms with E-state index in [-0.39, 0.29) is 21.6 Å². The Labute approximate surface area is 201 Å². The molecule has 11 heteroatoms. The van der Waals surface area contributed by atoms with Gasteiger partial charge in [-0.25, -0.2) is 8.42 Å². The molecule has 34 heavy (non-hydrogen) atoms. The van der Waals surface area contributed by atoms with Gasteiger partial charge in [-0.05, 0) is 41.8 Å². The molecule has 2 aromatic carbocycles. The molecule has 1 aromatic heterocycles. The van der Waals surface area contributed by atoms with Gasteiger partial charge in [0.1, 0.15) is 18.2 Å². The lowest BCUT2D eigenvalue weighted by Gasteiger charge is -2.12. The molecule has 0 saturated heterocycles. The van der Waals surface area contributed by atoms with E-state index in [9.17, 15) is 18.5 Å². The van der Waals surface area contributed by atoms with Crippen LogP contribution in [0, 0.1) is 18.3 Å². The number of ether oxygens (including phenoxy) is 2. The van der Waals surface area contributed by atoms with Crippen molar-refractivity contribution in [1.29, 1.82) is 5.26 Å². The Morgan fingerprint density at radius 3 is 2.68 bits per heavy atom. The van der Waals surface area contributed by atoms with E-state index < -0.39 is 15.7 Å². The third kappa shape index (κ3) is 5.98. The average molecular weight is 499 g/mol. The van der Waals surface area contributed by atoms with Crippen LogP contribution in [-0.2, 0) is 21.2 Å². The normalized spacial score (nSPS) is 11.5. The summed E-state index contributed by atoms with van der Waals surface area (Å²) in [6.45, 7) is 3.84. The van der Waals surface area contributed by atoms with Crippen molar-refractivity contribution in [3.8, 4) is 17.6 Å². The van der Waals surface area contributed by atoms with Gasteiger partial charge < -0.3 is 9.47 Å². The van der Waals surface area contributed by atoms with Crippen molar-refractivity contribution in [3.05, 3.63) is 64.7 Å². The van der Waals surface area contributed by atoms with E-state index in [1.807, 2.05) is 37.3 Å². The van der Waals surface area contributed by atoms with E-state index in [4.69, 9.17) is 9.47 Å². The Bertz CT molecular complexity index is 1370. The molecule has 0 unspecified atom stereocenters. The predicted octanol–water partition coefficient (Wildman–Crippen LogP) is 3.77. The fourth-order valence-corrected chi connectivity index (χ4v) is 4.40. The van der Waals surface area contributed by atoms with Gasteiger partial charge in [0.2, 0.25) is 15.0 Å². The number of rotatable bonds is 9. The molecule has 0 aliphatic carbocycles. The maximum Gasteiger partial charge on any atom is 0.268 e. The van der Waals surface area contributed by atoms with Crippen LogP contribution in [0.25, 0.3) is 6.08 Å². The molecule has 0 bridgehead atoms. The second kappa shape index (κ2) is 10.9. The van der Waals surface area contributed by atoms with E-state index >= 15 is 0 Å². The SMILES string of the molecule is CCS(=O)(=O)c1nsc(NC(=O)C(C#N)=Cc2ccc(OCc3ccccc3C)c(OC)c2)n1. The highest BCUT2D eigenvalue weighted by atomic mass is 32.2. The van der Waals surface area contributed by atoms with Crippen LogP contribution in [-0.4, -0.2) is 36.5 Å². The molecule has 9 nitrogen and oxygen atoms in total. The van der Waals surface area contributed by atoms with E-state index in [2.05, 4.69) is 14.7 Å². The molecule has 3 rings (SSSR count). The second-order valence-corrected chi connectivity index (χ2v) is 9.96. The lowest BCUT2D eigenvalue weighted by atomic mass is 10.1. The van der Waals surface area contributed by atoms with Gasteiger partial charge in [-0.15, -0.1) is 0 Å². The maximum absolute atomic E-state index is 12.5. The number of benzene rings is 2. The second-order valence-electron chi connectivity index (χ2n) is 7.03. The molecule has 0 saturated carbocycles. The molecule has 0 spiro atoms. The van der Waals surface area contributed by atoms with E-state index in [0.717, 1.165) is 22.7 Å². The van der Waals surface area contributed by atoms with Crippen molar-refractivity contribution in [2.24, 2.45) is 0 Å². The number of nitrogens with one attached hydrogen (secondary N) is 1. The summed E-state index contributed by atoms with van der Waals surface area (Å²) < 4.78 is 38.7. The minimum atomic E-state index is -3.59. The van der Waals surface area contributed by atoms with Gasteiger partial charge in [0.15, 0.2) is 11.5 Å². The van der Waals surface area contributed by atoms with Crippen LogP contribution in [0.2, 0.25) is 0 Å². The number of carbonyl (C=O) groups excluding carboxylic acids is 1. The first-order chi connectivity index (χ1) is 16.3. The molecule has 3 aromatic rings. The number of nitrogens with zero attached hydrogens (tertiary/aromatic N) is 3. The zero-order chi connectivity index (χ0) is 24.7. The van der Waals surface area contributed by atoms with Crippen LogP contribution in [0.15, 0.2) is 53.2 Å². The van der Waals surface area contributed by atoms with Crippen LogP contribution < -0.4 is 14.8 Å². The van der Waals surface area contributed by atoms with Crippen molar-refractivity contribution < 1.29 is 22.7 Å². The summed E-state index contributed by atoms with van der Waals surface area (Å²) >= 11 is 0.722. The highest BCUT2D eigenvalue weighted by molar-refractivity contribution is 7.91. The van der Waals surface area contributed by atoms with Crippen LogP contribution in [0.1, 0.15) is 23.6 Å². The summed E-state index contributed by atoms with van der Waals surface area (Å²) in [5.41, 5.74) is 2.49. The van der Waals surface area contributed by atoms with Crippen LogP contribution in [0.4, 0.5) is 5.13 Å². The minimum Gasteiger partial charge on any atom is -0.493 e. The topological polar surface area (TPSA) is 131 Å². The summed E-state index contributed by atoms with van der Waals surface area (Å²) in [5.74, 6) is 0.0633. The molecule has 176 valence electrons. The van der Waals surface area contributed by atoms with E-state index in [1.165, 1.54) is 20.1 Å². The van der Waals surface area contributed by atoms with Crippen molar-refractivity contribution in [2.75, 3.05) is 18.2 Å². The Balaban J connectivity index is 1.75. The quantitative estimate of drug-likeness (QED) is 0.348. The Morgan fingerprint density at radius 1 is 1.24 bits per heavy atom. The number of nitriles is 1. The van der Waals surface area contributed by atoms with Crippen molar-refractivity contribution >= 4 is 38.5 Å². The summed E-state index contributed by atoms with van der Waals surface area (Å²) in [5, 5.41) is 11.5. The first kappa shape index (κ1) is 24.9. The van der Waals surface area contributed by atoms with Crippen LogP contribution >= 0.6 is 11.5 Å². The minimum absolute atomic E-state index is 0.0179. The Hall–Kier alpha value is -3.75. The Morgan fingerprint density at radius 2 is 2.00 bits per heavy atom. The standard InChI is InChI=1S/C23H22N4O5S2/c1-4-34(29,30)23-26-22(33-27-23)25-21(28)18(13-24)11-16-9-10-19(20(12-16)31-3)32-14-17-8-6-5-7-15(17)2/h5-12H,4,14H2,1-3H3,(H,25,26,27,28). The first-order valence-corrected chi connectivity index (χ1v) is 12.5. The third-order valence-electron chi connectivity index (χ3n) is 4.79. The zero-order valence-electron chi connectivity index (χ0n) is 18.7. The van der Waals surface area contributed by atoms with Crippen molar-refractivity contribution in [1.82, 2.24) is 9.36 Å². The fraction of sp³-hybridized carbons (Fsp3) is 0.217. The van der Waals surface area contributed by atoms with Gasteiger partial charge in [0.05, 0.1) is 12.9 Å². The van der Waals surface area contributed by atoms with Crippen LogP contribution in [0.3, 0.4) is 0 Å². The van der Waals surface area contributed by atoms with Gasteiger partial charge in [-0.1, -0.05) is 37.3 Å². The highest BCUT2D eigenvalue weighted by Crippen LogP contribution is 2.30. The number of aryl methyl sites for hydroxylation is 1. The van der Waals surface area contributed by atoms with Crippen molar-refractivity contribution in [3.63, 3.8) is 0 Å². The van der Waals surface area contributed by atoms with E-state index in [1.54, 1.807) is 18.2 Å². The summed E-state index contributed by atoms with van der Waals surface area (Å²) in [7, 11) is -2.09. The molecule has 1 N–H and O–H groups in total. The zero-order valence-corrected chi connectivity index (χ0v) is 20.4. The number of carbonyl (C=O) groups is 1. The number of aromatic nitrogens is 2. The monoisotopic (exact) mass is 498 g/mol. The largest absolute Gasteiger partial charge is 0.493 e. The van der Waals surface area contributed by atoms with Gasteiger partial charge in [-0.3, -0.25) is 10.1 Å². The molecule has 0 aliphatic heterocycles.